The van der Waals surface area contributed by atoms with Crippen LogP contribution in [0.4, 0.5) is 0 Å². The molecule has 7 N–H and O–H groups in total. The van der Waals surface area contributed by atoms with E-state index in [1.807, 2.05) is 0 Å². The Hall–Kier alpha value is -0.400. The smallest absolute Gasteiger partial charge is 0.189 e. The summed E-state index contributed by atoms with van der Waals surface area (Å²) in [6, 6.07) is 0. The zero-order valence-corrected chi connectivity index (χ0v) is 11.7. The predicted molar refractivity (Wildman–Crippen MR) is 67.2 cm³/mol. The van der Waals surface area contributed by atoms with Crippen molar-refractivity contribution in [3.8, 4) is 0 Å². The molecule has 9 atom stereocenters. The zero-order chi connectivity index (χ0) is 16.4. The minimum Gasteiger partial charge on any atom is -0.394 e. The first-order valence-electron chi connectivity index (χ1n) is 6.97. The number of rotatable bonds is 4. The molecule has 0 amide bonds. The van der Waals surface area contributed by atoms with Crippen molar-refractivity contribution in [3.05, 3.63) is 0 Å². The summed E-state index contributed by atoms with van der Waals surface area (Å²) in [6.45, 7) is -1.15. The lowest BCUT2D eigenvalue weighted by Gasteiger charge is -2.43. The van der Waals surface area contributed by atoms with E-state index in [-0.39, 0.29) is 6.42 Å². The molecular weight excluding hydrogens is 304 g/mol. The molecular formula is C12H22O10. The number of hydrogen-bond donors (Lipinski definition) is 7. The lowest BCUT2D eigenvalue weighted by Crippen LogP contribution is -2.60. The number of aliphatic hydroxyl groups is 7. The monoisotopic (exact) mass is 326 g/mol. The molecule has 2 aliphatic rings. The van der Waals surface area contributed by atoms with Gasteiger partial charge in [0.25, 0.3) is 0 Å². The van der Waals surface area contributed by atoms with E-state index in [4.69, 9.17) is 24.4 Å². The fourth-order valence-electron chi connectivity index (χ4n) is 2.48. The second-order valence-corrected chi connectivity index (χ2v) is 5.41. The van der Waals surface area contributed by atoms with E-state index >= 15 is 0 Å². The van der Waals surface area contributed by atoms with Crippen LogP contribution in [0.5, 0.6) is 0 Å². The van der Waals surface area contributed by atoms with Crippen molar-refractivity contribution in [2.75, 3.05) is 13.2 Å². The molecule has 0 spiro atoms. The number of hydrogen-bond acceptors (Lipinski definition) is 10. The van der Waals surface area contributed by atoms with Crippen LogP contribution in [0.1, 0.15) is 6.42 Å². The van der Waals surface area contributed by atoms with Gasteiger partial charge in [-0.3, -0.25) is 0 Å². The standard InChI is InChI=1S/C12H22O10/c13-2-5-8(16)4(15)1-7(20-5)22-12-11(19)10(18)9(17)6(3-14)21-12/h4-19H,1-3H2/t4?,5?,6?,7-,8+,9-,10?,11?,12?/m1/s1. The molecule has 0 bridgehead atoms. The Morgan fingerprint density at radius 3 is 1.95 bits per heavy atom. The van der Waals surface area contributed by atoms with Gasteiger partial charge in [0.2, 0.25) is 0 Å². The van der Waals surface area contributed by atoms with Crippen LogP contribution < -0.4 is 0 Å². The van der Waals surface area contributed by atoms with E-state index in [1.165, 1.54) is 0 Å². The van der Waals surface area contributed by atoms with Gasteiger partial charge >= 0.3 is 0 Å². The highest BCUT2D eigenvalue weighted by Gasteiger charge is 2.46. The van der Waals surface area contributed by atoms with Crippen LogP contribution >= 0.6 is 0 Å². The van der Waals surface area contributed by atoms with Crippen LogP contribution in [0.3, 0.4) is 0 Å². The van der Waals surface area contributed by atoms with Crippen LogP contribution in [0.25, 0.3) is 0 Å². The lowest BCUT2D eigenvalue weighted by atomic mass is 9.99. The Kier molecular flexibility index (Phi) is 6.07. The minimum absolute atomic E-state index is 0.146. The maximum atomic E-state index is 9.83. The highest BCUT2D eigenvalue weighted by atomic mass is 16.8. The van der Waals surface area contributed by atoms with Gasteiger partial charge in [0, 0.05) is 6.42 Å². The molecule has 22 heavy (non-hydrogen) atoms. The predicted octanol–water partition coefficient (Wildman–Crippen LogP) is -4.37. The third-order valence-corrected chi connectivity index (χ3v) is 3.85. The summed E-state index contributed by atoms with van der Waals surface area (Å²) in [5.41, 5.74) is 0. The highest BCUT2D eigenvalue weighted by molar-refractivity contribution is 4.90. The Morgan fingerprint density at radius 1 is 0.773 bits per heavy atom. The normalized spacial score (nSPS) is 50.0. The van der Waals surface area contributed by atoms with Crippen molar-refractivity contribution in [1.29, 1.82) is 0 Å². The van der Waals surface area contributed by atoms with E-state index in [9.17, 15) is 25.5 Å². The Labute approximate surface area is 126 Å². The SMILES string of the molecule is OCC1OC(O[C@@H]2CC(O)[C@H](O)C(CO)O2)C(O)C(O)[C@@H]1O. The largest absolute Gasteiger partial charge is 0.394 e. The summed E-state index contributed by atoms with van der Waals surface area (Å²) in [6.07, 6.45) is -12.1. The summed E-state index contributed by atoms with van der Waals surface area (Å²) in [7, 11) is 0. The Bertz CT molecular complexity index is 353. The van der Waals surface area contributed by atoms with Gasteiger partial charge in [-0.15, -0.1) is 0 Å². The molecule has 0 radical (unpaired) electrons. The van der Waals surface area contributed by atoms with Crippen LogP contribution in [-0.4, -0.2) is 104 Å². The average molecular weight is 326 g/mol. The van der Waals surface area contributed by atoms with Crippen LogP contribution in [0, 0.1) is 0 Å². The molecule has 2 heterocycles. The van der Waals surface area contributed by atoms with E-state index in [1.54, 1.807) is 0 Å². The molecule has 0 aromatic carbocycles. The first-order valence-corrected chi connectivity index (χ1v) is 6.97. The molecule has 10 nitrogen and oxygen atoms in total. The minimum atomic E-state index is -1.60. The van der Waals surface area contributed by atoms with Crippen molar-refractivity contribution >= 4 is 0 Å². The maximum absolute atomic E-state index is 9.83. The van der Waals surface area contributed by atoms with Gasteiger partial charge in [0.15, 0.2) is 12.6 Å². The van der Waals surface area contributed by atoms with Crippen molar-refractivity contribution in [2.24, 2.45) is 0 Å². The van der Waals surface area contributed by atoms with Crippen molar-refractivity contribution in [2.45, 2.75) is 61.7 Å². The first kappa shape index (κ1) is 17.9. The van der Waals surface area contributed by atoms with Gasteiger partial charge in [-0.2, -0.15) is 0 Å². The topological polar surface area (TPSA) is 169 Å². The highest BCUT2D eigenvalue weighted by Crippen LogP contribution is 2.27. The van der Waals surface area contributed by atoms with Crippen LogP contribution in [0.2, 0.25) is 0 Å². The average Bonchev–Trinajstić information content (AvgIpc) is 2.51. The molecule has 0 saturated carbocycles. The third-order valence-electron chi connectivity index (χ3n) is 3.85. The first-order chi connectivity index (χ1) is 10.4. The quantitative estimate of drug-likeness (QED) is 0.268. The number of aliphatic hydroxyl groups excluding tert-OH is 7. The molecule has 0 aliphatic carbocycles. The lowest BCUT2D eigenvalue weighted by molar-refractivity contribution is -0.358. The summed E-state index contributed by atoms with van der Waals surface area (Å²) >= 11 is 0. The Balaban J connectivity index is 2.00. The second-order valence-electron chi connectivity index (χ2n) is 5.41. The van der Waals surface area contributed by atoms with Crippen molar-refractivity contribution < 1.29 is 50.0 Å². The fraction of sp³-hybridized carbons (Fsp3) is 1.00. The molecule has 2 aliphatic heterocycles. The second kappa shape index (κ2) is 7.45. The molecule has 2 saturated heterocycles. The van der Waals surface area contributed by atoms with Gasteiger partial charge in [-0.05, 0) is 0 Å². The molecule has 6 unspecified atom stereocenters. The van der Waals surface area contributed by atoms with Gasteiger partial charge in [-0.1, -0.05) is 0 Å². The summed E-state index contributed by atoms with van der Waals surface area (Å²) < 4.78 is 15.7. The van der Waals surface area contributed by atoms with Gasteiger partial charge < -0.3 is 50.0 Å². The fourth-order valence-corrected chi connectivity index (χ4v) is 2.48. The number of ether oxygens (including phenoxy) is 3. The van der Waals surface area contributed by atoms with E-state index in [0.717, 1.165) is 0 Å². The van der Waals surface area contributed by atoms with Gasteiger partial charge in [0.1, 0.15) is 36.6 Å². The van der Waals surface area contributed by atoms with E-state index < -0.39 is 68.5 Å². The summed E-state index contributed by atoms with van der Waals surface area (Å²) in [5.74, 6) is 0. The Morgan fingerprint density at radius 2 is 1.36 bits per heavy atom. The van der Waals surface area contributed by atoms with Gasteiger partial charge in [-0.25, -0.2) is 0 Å². The molecule has 2 fully saturated rings. The van der Waals surface area contributed by atoms with E-state index in [0.29, 0.717) is 0 Å². The van der Waals surface area contributed by atoms with Crippen LogP contribution in [-0.2, 0) is 14.2 Å². The summed E-state index contributed by atoms with van der Waals surface area (Å²) in [5, 5.41) is 66.6. The third kappa shape index (κ3) is 3.57. The molecule has 0 aromatic rings. The van der Waals surface area contributed by atoms with Crippen LogP contribution in [0.15, 0.2) is 0 Å². The summed E-state index contributed by atoms with van der Waals surface area (Å²) in [4.78, 5) is 0. The van der Waals surface area contributed by atoms with Crippen molar-refractivity contribution in [3.63, 3.8) is 0 Å². The molecule has 10 heteroatoms. The van der Waals surface area contributed by atoms with E-state index in [2.05, 4.69) is 0 Å². The molecule has 130 valence electrons. The van der Waals surface area contributed by atoms with Crippen molar-refractivity contribution in [1.82, 2.24) is 0 Å². The van der Waals surface area contributed by atoms with Gasteiger partial charge in [0.05, 0.1) is 19.3 Å². The maximum Gasteiger partial charge on any atom is 0.189 e. The molecule has 2 rings (SSSR count). The molecule has 0 aromatic heterocycles. The zero-order valence-electron chi connectivity index (χ0n) is 11.7.